The average Bonchev–Trinajstić information content (AvgIpc) is 3.04. The van der Waals surface area contributed by atoms with Gasteiger partial charge in [0.1, 0.15) is 5.82 Å². The van der Waals surface area contributed by atoms with Gasteiger partial charge in [-0.2, -0.15) is 0 Å². The third-order valence-electron chi connectivity index (χ3n) is 5.10. The van der Waals surface area contributed by atoms with Gasteiger partial charge in [0.15, 0.2) is 0 Å². The van der Waals surface area contributed by atoms with Gasteiger partial charge in [-0.3, -0.25) is 4.72 Å². The van der Waals surface area contributed by atoms with Gasteiger partial charge in [0.25, 0.3) is 10.0 Å². The molecule has 0 aliphatic carbocycles. The second kappa shape index (κ2) is 7.28. The van der Waals surface area contributed by atoms with Crippen molar-refractivity contribution in [3.8, 4) is 0 Å². The fraction of sp³-hybridized carbons (Fsp3) is 0.227. The molecule has 6 heteroatoms. The van der Waals surface area contributed by atoms with Crippen LogP contribution in [0.4, 0.5) is 17.2 Å². The Morgan fingerprint density at radius 2 is 1.82 bits per heavy atom. The van der Waals surface area contributed by atoms with Crippen LogP contribution in [0.2, 0.25) is 0 Å². The molecule has 3 aromatic rings. The molecule has 0 saturated carbocycles. The first-order valence-corrected chi connectivity index (χ1v) is 10.9. The summed E-state index contributed by atoms with van der Waals surface area (Å²) in [5, 5.41) is 0. The quantitative estimate of drug-likeness (QED) is 0.692. The van der Waals surface area contributed by atoms with E-state index in [2.05, 4.69) is 33.7 Å². The van der Waals surface area contributed by atoms with Crippen LogP contribution in [-0.4, -0.2) is 19.4 Å². The summed E-state index contributed by atoms with van der Waals surface area (Å²) >= 11 is 0. The summed E-state index contributed by atoms with van der Waals surface area (Å²) < 4.78 is 27.8. The van der Waals surface area contributed by atoms with Crippen LogP contribution in [0.15, 0.2) is 71.8 Å². The number of para-hydroxylation sites is 1. The van der Waals surface area contributed by atoms with Crippen molar-refractivity contribution in [3.63, 3.8) is 0 Å². The Kier molecular flexibility index (Phi) is 4.81. The Morgan fingerprint density at radius 3 is 2.50 bits per heavy atom. The maximum absolute atomic E-state index is 12.6. The highest BCUT2D eigenvalue weighted by molar-refractivity contribution is 7.92. The molecule has 2 aromatic carbocycles. The Labute approximate surface area is 166 Å². The number of nitrogens with one attached hydrogen (secondary N) is 1. The van der Waals surface area contributed by atoms with Crippen molar-refractivity contribution >= 4 is 27.2 Å². The van der Waals surface area contributed by atoms with E-state index in [-0.39, 0.29) is 4.90 Å². The van der Waals surface area contributed by atoms with Gasteiger partial charge in [-0.1, -0.05) is 37.3 Å². The molecule has 1 atom stereocenters. The summed E-state index contributed by atoms with van der Waals surface area (Å²) in [7, 11) is -3.63. The zero-order valence-corrected chi connectivity index (χ0v) is 16.8. The molecule has 1 N–H and O–H groups in total. The van der Waals surface area contributed by atoms with Gasteiger partial charge in [-0.25, -0.2) is 13.4 Å². The molecule has 1 aromatic heterocycles. The number of anilines is 3. The highest BCUT2D eigenvalue weighted by Crippen LogP contribution is 2.37. The molecule has 1 unspecified atom stereocenters. The number of rotatable bonds is 5. The molecule has 4 rings (SSSR count). The predicted octanol–water partition coefficient (Wildman–Crippen LogP) is 4.53. The zero-order valence-electron chi connectivity index (χ0n) is 16.0. The van der Waals surface area contributed by atoms with Crippen LogP contribution in [0.5, 0.6) is 0 Å². The smallest absolute Gasteiger partial charge is 0.261 e. The molecule has 1 aliphatic heterocycles. The fourth-order valence-corrected chi connectivity index (χ4v) is 4.67. The molecule has 2 heterocycles. The maximum atomic E-state index is 12.6. The van der Waals surface area contributed by atoms with Crippen LogP contribution < -0.4 is 9.62 Å². The largest absolute Gasteiger partial charge is 0.323 e. The number of sulfonamides is 1. The minimum absolute atomic E-state index is 0.246. The van der Waals surface area contributed by atoms with Gasteiger partial charge in [0, 0.05) is 11.7 Å². The van der Waals surface area contributed by atoms with E-state index in [0.717, 1.165) is 29.9 Å². The normalized spacial score (nSPS) is 16.1. The molecule has 0 saturated heterocycles. The summed E-state index contributed by atoms with van der Waals surface area (Å²) in [6, 6.07) is 19.2. The number of pyridine rings is 1. The van der Waals surface area contributed by atoms with E-state index in [9.17, 15) is 8.42 Å². The van der Waals surface area contributed by atoms with E-state index >= 15 is 0 Å². The molecule has 28 heavy (non-hydrogen) atoms. The first kappa shape index (κ1) is 18.5. The molecule has 5 nitrogen and oxygen atoms in total. The number of nitrogens with zero attached hydrogens (tertiary/aromatic N) is 2. The van der Waals surface area contributed by atoms with Crippen molar-refractivity contribution in [2.45, 2.75) is 37.6 Å². The monoisotopic (exact) mass is 393 g/mol. The maximum Gasteiger partial charge on any atom is 0.261 e. The Morgan fingerprint density at radius 1 is 1.07 bits per heavy atom. The first-order valence-electron chi connectivity index (χ1n) is 9.43. The number of aryl methyl sites for hydroxylation is 1. The first-order chi connectivity index (χ1) is 13.5. The lowest BCUT2D eigenvalue weighted by molar-refractivity contribution is 0.601. The van der Waals surface area contributed by atoms with Crippen LogP contribution in [-0.2, 0) is 22.9 Å². The van der Waals surface area contributed by atoms with Crippen LogP contribution in [0.3, 0.4) is 0 Å². The second-order valence-electron chi connectivity index (χ2n) is 7.06. The van der Waals surface area contributed by atoms with E-state index in [0.29, 0.717) is 11.7 Å². The molecule has 144 valence electrons. The van der Waals surface area contributed by atoms with Gasteiger partial charge < -0.3 is 4.90 Å². The molecule has 0 radical (unpaired) electrons. The SMILES string of the molecule is CCc1ccc(S(=O)(=O)Nc2ccc(N3c4ccccc4CC3C)nc2)cc1. The van der Waals surface area contributed by atoms with Crippen LogP contribution in [0.25, 0.3) is 0 Å². The minimum atomic E-state index is -3.63. The Bertz CT molecular complexity index is 1080. The van der Waals surface area contributed by atoms with Crippen LogP contribution >= 0.6 is 0 Å². The molecule has 1 aliphatic rings. The van der Waals surface area contributed by atoms with Crippen molar-refractivity contribution in [1.82, 2.24) is 4.98 Å². The Balaban J connectivity index is 1.55. The summed E-state index contributed by atoms with van der Waals surface area (Å²) in [6.07, 6.45) is 3.41. The fourth-order valence-electron chi connectivity index (χ4n) is 3.62. The molecular formula is C22H23N3O2S. The molecular weight excluding hydrogens is 370 g/mol. The number of aromatic nitrogens is 1. The van der Waals surface area contributed by atoms with E-state index < -0.39 is 10.0 Å². The summed E-state index contributed by atoms with van der Waals surface area (Å²) in [5.74, 6) is 0.813. The lowest BCUT2D eigenvalue weighted by Crippen LogP contribution is -2.24. The summed E-state index contributed by atoms with van der Waals surface area (Å²) in [4.78, 5) is 6.95. The topological polar surface area (TPSA) is 62.3 Å². The van der Waals surface area contributed by atoms with Crippen molar-refractivity contribution in [2.75, 3.05) is 9.62 Å². The summed E-state index contributed by atoms with van der Waals surface area (Å²) in [5.41, 5.74) is 4.01. The van der Waals surface area contributed by atoms with Gasteiger partial charge in [-0.15, -0.1) is 0 Å². The van der Waals surface area contributed by atoms with Crippen molar-refractivity contribution in [2.24, 2.45) is 0 Å². The standard InChI is InChI=1S/C22H23N3O2S/c1-3-17-8-11-20(12-9-17)28(26,27)24-19-10-13-22(23-15-19)25-16(2)14-18-6-4-5-7-21(18)25/h4-13,15-16,24H,3,14H2,1-2H3. The molecule has 0 fully saturated rings. The number of hydrogen-bond acceptors (Lipinski definition) is 4. The summed E-state index contributed by atoms with van der Waals surface area (Å²) in [6.45, 7) is 4.20. The van der Waals surface area contributed by atoms with E-state index in [4.69, 9.17) is 0 Å². The number of hydrogen-bond donors (Lipinski definition) is 1. The molecule has 0 spiro atoms. The Hall–Kier alpha value is -2.86. The number of fused-ring (bicyclic) bond motifs is 1. The average molecular weight is 394 g/mol. The lowest BCUT2D eigenvalue weighted by Gasteiger charge is -2.24. The third-order valence-corrected chi connectivity index (χ3v) is 6.49. The molecule has 0 bridgehead atoms. The predicted molar refractivity (Wildman–Crippen MR) is 113 cm³/mol. The van der Waals surface area contributed by atoms with Crippen molar-refractivity contribution in [1.29, 1.82) is 0 Å². The van der Waals surface area contributed by atoms with E-state index in [1.54, 1.807) is 24.4 Å². The van der Waals surface area contributed by atoms with Crippen molar-refractivity contribution < 1.29 is 8.42 Å². The van der Waals surface area contributed by atoms with Gasteiger partial charge in [0.05, 0.1) is 16.8 Å². The van der Waals surface area contributed by atoms with Crippen molar-refractivity contribution in [3.05, 3.63) is 78.0 Å². The second-order valence-corrected chi connectivity index (χ2v) is 8.74. The van der Waals surface area contributed by atoms with E-state index in [1.165, 1.54) is 5.56 Å². The van der Waals surface area contributed by atoms with Gasteiger partial charge in [-0.05, 0) is 61.2 Å². The highest BCUT2D eigenvalue weighted by atomic mass is 32.2. The molecule has 0 amide bonds. The van der Waals surface area contributed by atoms with Crippen LogP contribution in [0.1, 0.15) is 25.0 Å². The highest BCUT2D eigenvalue weighted by Gasteiger charge is 2.27. The van der Waals surface area contributed by atoms with E-state index in [1.807, 2.05) is 37.3 Å². The third kappa shape index (κ3) is 3.47. The lowest BCUT2D eigenvalue weighted by atomic mass is 10.1. The van der Waals surface area contributed by atoms with Gasteiger partial charge >= 0.3 is 0 Å². The minimum Gasteiger partial charge on any atom is -0.323 e. The van der Waals surface area contributed by atoms with Gasteiger partial charge in [0.2, 0.25) is 0 Å². The number of benzene rings is 2. The van der Waals surface area contributed by atoms with Crippen LogP contribution in [0, 0.1) is 0 Å². The zero-order chi connectivity index (χ0) is 19.7.